The van der Waals surface area contributed by atoms with Gasteiger partial charge in [0, 0.05) is 42.6 Å². The van der Waals surface area contributed by atoms with E-state index in [2.05, 4.69) is 50.3 Å². The second kappa shape index (κ2) is 8.49. The van der Waals surface area contributed by atoms with Gasteiger partial charge in [-0.05, 0) is 55.3 Å². The van der Waals surface area contributed by atoms with Crippen molar-refractivity contribution in [3.63, 3.8) is 0 Å². The van der Waals surface area contributed by atoms with Gasteiger partial charge < -0.3 is 15.0 Å². The van der Waals surface area contributed by atoms with Crippen molar-refractivity contribution in [2.24, 2.45) is 0 Å². The quantitative estimate of drug-likeness (QED) is 0.653. The van der Waals surface area contributed by atoms with Crippen LogP contribution in [0.1, 0.15) is 11.1 Å². The number of ether oxygens (including phenoxy) is 1. The number of nitrogens with one attached hydrogen (secondary N) is 1. The highest BCUT2D eigenvalue weighted by atomic mass is 35.5. The summed E-state index contributed by atoms with van der Waals surface area (Å²) in [5, 5.41) is 8.64. The van der Waals surface area contributed by atoms with Crippen LogP contribution < -0.4 is 10.2 Å². The summed E-state index contributed by atoms with van der Waals surface area (Å²) in [5.74, 6) is 0.558. The Morgan fingerprint density at radius 1 is 1.00 bits per heavy atom. The summed E-state index contributed by atoms with van der Waals surface area (Å²) >= 11 is 6.26. The summed E-state index contributed by atoms with van der Waals surface area (Å²) in [6, 6.07) is 13.0. The third kappa shape index (κ3) is 4.39. The number of anilines is 3. The molecular weight excluding hydrogens is 412 g/mol. The fourth-order valence-electron chi connectivity index (χ4n) is 4.10. The Labute approximate surface area is 187 Å². The number of hydrogen-bond acceptors (Lipinski definition) is 6. The summed E-state index contributed by atoms with van der Waals surface area (Å²) in [4.78, 5) is 9.42. The zero-order valence-electron chi connectivity index (χ0n) is 17.9. The lowest BCUT2D eigenvalue weighted by atomic mass is 10.1. The zero-order valence-corrected chi connectivity index (χ0v) is 18.6. The molecule has 5 rings (SSSR count). The van der Waals surface area contributed by atoms with Crippen LogP contribution in [0.2, 0.25) is 5.02 Å². The molecule has 0 aliphatic carbocycles. The number of hydrogen-bond donors (Lipinski definition) is 1. The molecule has 8 heteroatoms. The lowest BCUT2D eigenvalue weighted by molar-refractivity contribution is -0.0660. The summed E-state index contributed by atoms with van der Waals surface area (Å²) in [7, 11) is 0. The number of rotatable bonds is 5. The van der Waals surface area contributed by atoms with Crippen molar-refractivity contribution in [1.82, 2.24) is 19.7 Å². The van der Waals surface area contributed by atoms with Crippen molar-refractivity contribution < 1.29 is 4.74 Å². The monoisotopic (exact) mass is 438 g/mol. The van der Waals surface area contributed by atoms with E-state index in [-0.39, 0.29) is 0 Å². The average Bonchev–Trinajstić information content (AvgIpc) is 3.17. The predicted octanol–water partition coefficient (Wildman–Crippen LogP) is 3.80. The maximum absolute atomic E-state index is 6.26. The van der Waals surface area contributed by atoms with Crippen molar-refractivity contribution in [3.8, 4) is 5.69 Å². The van der Waals surface area contributed by atoms with Gasteiger partial charge >= 0.3 is 0 Å². The third-order valence-corrected chi connectivity index (χ3v) is 6.45. The SMILES string of the molecule is Cc1cc(Nc2ncn(-c3ccc(C)c(Cl)c3)n2)cc(N2CCN(C3COC3)CC2)c1. The van der Waals surface area contributed by atoms with Crippen molar-refractivity contribution in [3.05, 3.63) is 58.9 Å². The minimum absolute atomic E-state index is 0.558. The molecular formula is C23H27ClN6O. The van der Waals surface area contributed by atoms with Crippen molar-refractivity contribution in [2.75, 3.05) is 49.6 Å². The van der Waals surface area contributed by atoms with Crippen LogP contribution >= 0.6 is 11.6 Å². The van der Waals surface area contributed by atoms with Crippen molar-refractivity contribution >= 4 is 28.9 Å². The molecule has 0 unspecified atom stereocenters. The fraction of sp³-hybridized carbons (Fsp3) is 0.391. The highest BCUT2D eigenvalue weighted by Crippen LogP contribution is 2.26. The third-order valence-electron chi connectivity index (χ3n) is 6.05. The van der Waals surface area contributed by atoms with Gasteiger partial charge in [-0.1, -0.05) is 17.7 Å². The number of halogens is 1. The molecule has 2 aromatic carbocycles. The number of benzene rings is 2. The fourth-order valence-corrected chi connectivity index (χ4v) is 4.27. The zero-order chi connectivity index (χ0) is 21.4. The molecule has 3 aromatic rings. The Hall–Kier alpha value is -2.61. The molecule has 0 saturated carbocycles. The number of aromatic nitrogens is 3. The Kier molecular flexibility index (Phi) is 5.56. The van der Waals surface area contributed by atoms with Gasteiger partial charge in [0.2, 0.25) is 5.95 Å². The molecule has 7 nitrogen and oxygen atoms in total. The Bertz CT molecular complexity index is 1070. The normalized spacial score (nSPS) is 17.6. The lowest BCUT2D eigenvalue weighted by Gasteiger charge is -2.43. The summed E-state index contributed by atoms with van der Waals surface area (Å²) in [6.45, 7) is 10.1. The van der Waals surface area contributed by atoms with Crippen molar-refractivity contribution in [2.45, 2.75) is 19.9 Å². The molecule has 2 saturated heterocycles. The van der Waals surface area contributed by atoms with Gasteiger partial charge in [-0.15, -0.1) is 5.10 Å². The standard InChI is InChI=1S/C23H27ClN6O/c1-16-9-18(11-20(10-16)28-5-7-29(8-6-28)21-13-31-14-21)26-23-25-15-30(27-23)19-4-3-17(2)22(24)12-19/h3-4,9-12,15,21H,5-8,13-14H2,1-2H3,(H,26,27). The summed E-state index contributed by atoms with van der Waals surface area (Å²) < 4.78 is 7.07. The highest BCUT2D eigenvalue weighted by molar-refractivity contribution is 6.31. The summed E-state index contributed by atoms with van der Waals surface area (Å²) in [5.41, 5.74) is 5.36. The van der Waals surface area contributed by atoms with Crippen LogP contribution in [0.4, 0.5) is 17.3 Å². The van der Waals surface area contributed by atoms with E-state index in [4.69, 9.17) is 16.3 Å². The van der Waals surface area contributed by atoms with Gasteiger partial charge in [0.15, 0.2) is 0 Å². The minimum atomic E-state index is 0.558. The van der Waals surface area contributed by atoms with Gasteiger partial charge in [0.25, 0.3) is 0 Å². The highest BCUT2D eigenvalue weighted by Gasteiger charge is 2.29. The average molecular weight is 439 g/mol. The van der Waals surface area contributed by atoms with E-state index in [1.807, 2.05) is 25.1 Å². The number of aryl methyl sites for hydroxylation is 2. The van der Waals surface area contributed by atoms with Crippen LogP contribution in [0.25, 0.3) is 5.69 Å². The van der Waals surface area contributed by atoms with Gasteiger partial charge in [0.1, 0.15) is 6.33 Å². The molecule has 162 valence electrons. The van der Waals surface area contributed by atoms with E-state index >= 15 is 0 Å². The smallest absolute Gasteiger partial charge is 0.246 e. The first-order valence-corrected chi connectivity index (χ1v) is 11.1. The van der Waals surface area contributed by atoms with Crippen LogP contribution in [0.15, 0.2) is 42.7 Å². The van der Waals surface area contributed by atoms with E-state index in [9.17, 15) is 0 Å². The molecule has 3 heterocycles. The van der Waals surface area contributed by atoms with Gasteiger partial charge in [-0.2, -0.15) is 4.98 Å². The molecule has 0 amide bonds. The predicted molar refractivity (Wildman–Crippen MR) is 124 cm³/mol. The van der Waals surface area contributed by atoms with Gasteiger partial charge in [-0.25, -0.2) is 4.68 Å². The van der Waals surface area contributed by atoms with Crippen LogP contribution in [-0.4, -0.2) is 65.1 Å². The molecule has 31 heavy (non-hydrogen) atoms. The van der Waals surface area contributed by atoms with Crippen molar-refractivity contribution in [1.29, 1.82) is 0 Å². The van der Waals surface area contributed by atoms with Gasteiger partial charge in [-0.3, -0.25) is 4.90 Å². The second-order valence-electron chi connectivity index (χ2n) is 8.34. The molecule has 2 aliphatic rings. The maximum atomic E-state index is 6.26. The topological polar surface area (TPSA) is 58.5 Å². The largest absolute Gasteiger partial charge is 0.378 e. The Morgan fingerprint density at radius 2 is 1.81 bits per heavy atom. The van der Waals surface area contributed by atoms with E-state index in [0.717, 1.165) is 61.4 Å². The van der Waals surface area contributed by atoms with Crippen LogP contribution in [0.3, 0.4) is 0 Å². The molecule has 0 spiro atoms. The Balaban J connectivity index is 1.28. The minimum Gasteiger partial charge on any atom is -0.378 e. The molecule has 0 bridgehead atoms. The first-order chi connectivity index (χ1) is 15.0. The molecule has 2 fully saturated rings. The van der Waals surface area contributed by atoms with E-state index in [1.165, 1.54) is 11.3 Å². The lowest BCUT2D eigenvalue weighted by Crippen LogP contribution is -2.56. The molecule has 2 aliphatic heterocycles. The number of nitrogens with zero attached hydrogens (tertiary/aromatic N) is 5. The first-order valence-electron chi connectivity index (χ1n) is 10.7. The molecule has 1 aromatic heterocycles. The maximum Gasteiger partial charge on any atom is 0.246 e. The first kappa shape index (κ1) is 20.3. The van der Waals surface area contributed by atoms with Crippen LogP contribution in [0.5, 0.6) is 0 Å². The van der Waals surface area contributed by atoms with E-state index in [1.54, 1.807) is 11.0 Å². The van der Waals surface area contributed by atoms with Crippen LogP contribution in [-0.2, 0) is 4.74 Å². The van der Waals surface area contributed by atoms with E-state index < -0.39 is 0 Å². The molecule has 0 atom stereocenters. The number of piperazine rings is 1. The molecule has 1 N–H and O–H groups in total. The molecule has 0 radical (unpaired) electrons. The van der Waals surface area contributed by atoms with E-state index in [0.29, 0.717) is 12.0 Å². The Morgan fingerprint density at radius 3 is 2.52 bits per heavy atom. The second-order valence-corrected chi connectivity index (χ2v) is 8.75. The van der Waals surface area contributed by atoms with Gasteiger partial charge in [0.05, 0.1) is 24.9 Å². The van der Waals surface area contributed by atoms with Crippen LogP contribution in [0, 0.1) is 13.8 Å². The summed E-state index contributed by atoms with van der Waals surface area (Å²) in [6.07, 6.45) is 1.70.